The number of ketones is 2. The molecule has 2 fully saturated rings. The molecule has 0 radical (unpaired) electrons. The zero-order valence-corrected chi connectivity index (χ0v) is 63.2. The van der Waals surface area contributed by atoms with Crippen LogP contribution in [0.3, 0.4) is 0 Å². The SMILES string of the molecule is CCCn1cc(C[C@@H](NC(=O)C(C)(C)N)C(=O)CC2Cc3cccc(N4CCCC4=O)c3N(Cc3ccsc3)C2=O)c2ccccc21.CCCn1cc(C[C@@H](NC(=O)C(C)(C)NC(=O)OC(C)(C)C)C(=O)CC2Cc3cccc(N4CCCC4=O)c3N(Cc3ccsc3)C2=O)c2ccccc21.CCO. The van der Waals surface area contributed by atoms with Crippen molar-refractivity contribution in [1.29, 1.82) is 0 Å². The third-order valence-corrected chi connectivity index (χ3v) is 20.7. The van der Waals surface area contributed by atoms with E-state index in [2.05, 4.69) is 51.2 Å². The van der Waals surface area contributed by atoms with E-state index in [4.69, 9.17) is 15.6 Å². The first-order valence-corrected chi connectivity index (χ1v) is 38.2. The summed E-state index contributed by atoms with van der Waals surface area (Å²) in [4.78, 5) is 130. The van der Waals surface area contributed by atoms with E-state index in [-0.39, 0.29) is 67.5 Å². The van der Waals surface area contributed by atoms with Crippen LogP contribution in [0.2, 0.25) is 0 Å². The van der Waals surface area contributed by atoms with Gasteiger partial charge in [0.05, 0.1) is 53.5 Å². The Bertz CT molecular complexity index is 4430. The molecule has 2 unspecified atom stereocenters. The van der Waals surface area contributed by atoms with Crippen molar-refractivity contribution in [1.82, 2.24) is 25.1 Å². The predicted molar refractivity (Wildman–Crippen MR) is 411 cm³/mol. The molecule has 0 spiro atoms. The van der Waals surface area contributed by atoms with Gasteiger partial charge in [0.15, 0.2) is 11.6 Å². The molecule has 104 heavy (non-hydrogen) atoms. The number of nitrogens with one attached hydrogen (secondary N) is 3. The van der Waals surface area contributed by atoms with Crippen molar-refractivity contribution in [2.45, 2.75) is 201 Å². The van der Waals surface area contributed by atoms with Crippen molar-refractivity contribution in [2.75, 3.05) is 39.3 Å². The third kappa shape index (κ3) is 18.2. The molecular weight excluding hydrogens is 1350 g/mol. The quantitative estimate of drug-likeness (QED) is 0.0358. The van der Waals surface area contributed by atoms with E-state index in [9.17, 15) is 43.2 Å². The molecule has 4 aromatic carbocycles. The Kier molecular flexibility index (Phi) is 25.0. The average molecular weight is 1450 g/mol. The second-order valence-corrected chi connectivity index (χ2v) is 31.2. The molecular formula is C81H100N10O11S2. The van der Waals surface area contributed by atoms with Crippen molar-refractivity contribution in [3.63, 3.8) is 0 Å². The number of aliphatic hydroxyl groups excluding tert-OH is 1. The summed E-state index contributed by atoms with van der Waals surface area (Å²) >= 11 is 3.10. The van der Waals surface area contributed by atoms with Gasteiger partial charge in [-0.1, -0.05) is 74.5 Å². The topological polar surface area (TPSA) is 268 Å². The normalized spacial score (nSPS) is 16.7. The first kappa shape index (κ1) is 77.3. The summed E-state index contributed by atoms with van der Waals surface area (Å²) in [7, 11) is 0. The monoisotopic (exact) mass is 1450 g/mol. The number of Topliss-reactive ketones (excluding diaryl/α,β-unsaturated/α-hetero) is 2. The number of carbonyl (C=O) groups is 9. The molecule has 0 aliphatic carbocycles. The number of rotatable bonds is 25. The number of hydrogen-bond acceptors (Lipinski definition) is 14. The van der Waals surface area contributed by atoms with Crippen molar-refractivity contribution >= 4 is 120 Å². The number of anilines is 4. The van der Waals surface area contributed by atoms with E-state index in [0.29, 0.717) is 51.9 Å². The number of amides is 7. The Labute approximate surface area is 617 Å². The standard InChI is InChI=1S/C42H51N5O6S.C37H43N5O4S.C2H6O/c1-7-18-45-25-30(31-13-8-9-14-33(31)45)22-32(43-39(51)42(5,6)44-40(52)53-41(2,3)4)35(48)23-29-21-28-12-10-15-34(46-19-11-16-36(46)49)37(28)47(38(29)50)24-27-17-20-54-26-27;1-4-15-40-22-27(28-10-5-6-11-30(28)40)19-29(39-36(46)37(2,3)38)32(43)20-26-18-25-9-7-12-31(41-16-8-13-33(41)44)34(25)42(35(26)45)21-24-14-17-47-23-24;1-2-3/h8-10,12-15,17,20,25-26,29,32H,7,11,16,18-19,21-24H2,1-6H3,(H,43,51)(H,44,52);5-7,9-12,14,17,22-23,26,29H,4,8,13,15-16,18-21,38H2,1-3H3,(H,39,46);3H,2H2,1H3/t29?,32-;26?,29-;/m11./s1. The Morgan fingerprint density at radius 1 is 0.587 bits per heavy atom. The van der Waals surface area contributed by atoms with Gasteiger partial charge in [0.2, 0.25) is 35.4 Å². The molecule has 7 amide bonds. The molecule has 0 bridgehead atoms. The number of hydrogen-bond donors (Lipinski definition) is 5. The number of thiophene rings is 2. The molecule has 0 saturated carbocycles. The number of aryl methyl sites for hydroxylation is 2. The zero-order chi connectivity index (χ0) is 74.8. The van der Waals surface area contributed by atoms with Gasteiger partial charge in [0, 0.05) is 117 Å². The number of benzene rings is 4. The van der Waals surface area contributed by atoms with Gasteiger partial charge in [-0.3, -0.25) is 38.4 Å². The van der Waals surface area contributed by atoms with E-state index in [1.165, 1.54) is 0 Å². The average Bonchev–Trinajstić information content (AvgIpc) is 0.853. The highest BCUT2D eigenvalue weighted by molar-refractivity contribution is 7.08. The number of aromatic nitrogens is 2. The maximum absolute atomic E-state index is 14.6. The summed E-state index contributed by atoms with van der Waals surface area (Å²) in [6.07, 6.45) is 8.76. The first-order valence-electron chi connectivity index (χ1n) is 36.3. The highest BCUT2D eigenvalue weighted by Crippen LogP contribution is 2.44. The van der Waals surface area contributed by atoms with E-state index in [1.807, 2.05) is 119 Å². The summed E-state index contributed by atoms with van der Waals surface area (Å²) in [6.45, 7) is 21.2. The van der Waals surface area contributed by atoms with Crippen LogP contribution in [-0.4, -0.2) is 116 Å². The molecule has 4 aromatic heterocycles. The van der Waals surface area contributed by atoms with Crippen LogP contribution in [0.15, 0.2) is 131 Å². The number of ether oxygens (including phenoxy) is 1. The van der Waals surface area contributed by atoms with Crippen LogP contribution in [0.4, 0.5) is 27.5 Å². The van der Waals surface area contributed by atoms with E-state index in [0.717, 1.165) is 117 Å². The summed E-state index contributed by atoms with van der Waals surface area (Å²) in [6, 6.07) is 29.8. The molecule has 12 rings (SSSR count). The van der Waals surface area contributed by atoms with Gasteiger partial charge in [0.25, 0.3) is 0 Å². The first-order chi connectivity index (χ1) is 49.6. The smallest absolute Gasteiger partial charge is 0.408 e. The second kappa shape index (κ2) is 33.7. The predicted octanol–water partition coefficient (Wildman–Crippen LogP) is 12.3. The van der Waals surface area contributed by atoms with Gasteiger partial charge in [0.1, 0.15) is 11.1 Å². The van der Waals surface area contributed by atoms with E-state index < -0.39 is 58.5 Å². The number of para-hydroxylation sites is 4. The van der Waals surface area contributed by atoms with Gasteiger partial charge in [-0.05, 0) is 185 Å². The third-order valence-electron chi connectivity index (χ3n) is 19.2. The molecule has 8 aromatic rings. The molecule has 552 valence electrons. The lowest BCUT2D eigenvalue weighted by Gasteiger charge is -2.37. The Balaban J connectivity index is 0.000000217. The highest BCUT2D eigenvalue weighted by Gasteiger charge is 2.43. The maximum atomic E-state index is 14.6. The van der Waals surface area contributed by atoms with Crippen LogP contribution in [0.1, 0.15) is 154 Å². The van der Waals surface area contributed by atoms with Crippen molar-refractivity contribution in [2.24, 2.45) is 17.6 Å². The molecule has 4 atom stereocenters. The highest BCUT2D eigenvalue weighted by atomic mass is 32.1. The number of alkyl carbamates (subject to hydrolysis) is 1. The summed E-state index contributed by atoms with van der Waals surface area (Å²) in [5.74, 6) is -3.04. The number of nitrogens with zero attached hydrogens (tertiary/aromatic N) is 6. The number of aliphatic hydroxyl groups is 1. The van der Waals surface area contributed by atoms with Crippen LogP contribution in [0, 0.1) is 11.8 Å². The van der Waals surface area contributed by atoms with Crippen LogP contribution < -0.4 is 41.3 Å². The lowest BCUT2D eigenvalue weighted by Crippen LogP contribution is -2.59. The van der Waals surface area contributed by atoms with Crippen LogP contribution >= 0.6 is 22.7 Å². The molecule has 4 aliphatic heterocycles. The largest absolute Gasteiger partial charge is 0.444 e. The molecule has 2 saturated heterocycles. The van der Waals surface area contributed by atoms with Crippen LogP contribution in [-0.2, 0) is 95.0 Å². The fourth-order valence-electron chi connectivity index (χ4n) is 14.3. The van der Waals surface area contributed by atoms with Crippen molar-refractivity contribution in [3.05, 3.63) is 164 Å². The van der Waals surface area contributed by atoms with Crippen LogP contribution in [0.25, 0.3) is 21.8 Å². The molecule has 8 heterocycles. The van der Waals surface area contributed by atoms with Crippen LogP contribution in [0.5, 0.6) is 0 Å². The van der Waals surface area contributed by atoms with Gasteiger partial charge >= 0.3 is 6.09 Å². The lowest BCUT2D eigenvalue weighted by atomic mass is 9.85. The van der Waals surface area contributed by atoms with Gasteiger partial charge in [-0.15, -0.1) is 0 Å². The minimum absolute atomic E-state index is 0.0329. The number of fused-ring (bicyclic) bond motifs is 4. The van der Waals surface area contributed by atoms with E-state index >= 15 is 0 Å². The Morgan fingerprint density at radius 3 is 1.38 bits per heavy atom. The fraction of sp³-hybridized carbons (Fsp3) is 0.444. The zero-order valence-electron chi connectivity index (χ0n) is 61.6. The van der Waals surface area contributed by atoms with Gasteiger partial charge in [-0.2, -0.15) is 22.7 Å². The summed E-state index contributed by atoms with van der Waals surface area (Å²) in [5.41, 5.74) is 13.5. The minimum atomic E-state index is -1.42. The van der Waals surface area contributed by atoms with Crippen molar-refractivity contribution in [3.8, 4) is 0 Å². The van der Waals surface area contributed by atoms with Crippen molar-refractivity contribution < 1.29 is 53.0 Å². The lowest BCUT2D eigenvalue weighted by molar-refractivity contribution is -0.133. The summed E-state index contributed by atoms with van der Waals surface area (Å²) in [5, 5.41) is 26.1. The van der Waals surface area contributed by atoms with Gasteiger partial charge in [-0.25, -0.2) is 4.79 Å². The van der Waals surface area contributed by atoms with Gasteiger partial charge < -0.3 is 60.3 Å². The molecule has 6 N–H and O–H groups in total. The number of carbonyl (C=O) groups excluding carboxylic acids is 9. The van der Waals surface area contributed by atoms with E-state index in [1.54, 1.807) is 97.7 Å². The maximum Gasteiger partial charge on any atom is 0.408 e. The molecule has 23 heteroatoms. The molecule has 4 aliphatic rings. The minimum Gasteiger partial charge on any atom is -0.444 e. The molecule has 21 nitrogen and oxygen atoms in total. The Morgan fingerprint density at radius 2 is 1.01 bits per heavy atom. The Hall–Kier alpha value is -9.29. The number of nitrogens with two attached hydrogens (primary N) is 1. The second-order valence-electron chi connectivity index (χ2n) is 29.6. The summed E-state index contributed by atoms with van der Waals surface area (Å²) < 4.78 is 9.77. The fourth-order valence-corrected chi connectivity index (χ4v) is 15.6.